The summed E-state index contributed by atoms with van der Waals surface area (Å²) in [5, 5.41) is 21.2. The van der Waals surface area contributed by atoms with Crippen LogP contribution in [-0.4, -0.2) is 39.7 Å². The number of aromatic nitrogens is 8. The maximum Gasteiger partial charge on any atom is 0.232 e. The highest BCUT2D eigenvalue weighted by molar-refractivity contribution is 5.59. The zero-order chi connectivity index (χ0) is 18.3. The van der Waals surface area contributed by atoms with Gasteiger partial charge in [0, 0.05) is 24.7 Å². The van der Waals surface area contributed by atoms with E-state index in [1.54, 1.807) is 28.6 Å². The Kier molecular flexibility index (Phi) is 3.67. The van der Waals surface area contributed by atoms with Crippen LogP contribution < -0.4 is 4.74 Å². The predicted molar refractivity (Wildman–Crippen MR) is 90.3 cm³/mol. The topological polar surface area (TPSA) is 109 Å². The second-order valence-corrected chi connectivity index (χ2v) is 6.91. The van der Waals surface area contributed by atoms with Gasteiger partial charge in [0.2, 0.25) is 11.7 Å². The Hall–Kier alpha value is -3.30. The molecular formula is C16H18N8O2. The molecule has 4 heterocycles. The monoisotopic (exact) mass is 354 g/mol. The second-order valence-electron chi connectivity index (χ2n) is 6.91. The number of fused-ring (bicyclic) bond motifs is 1. The molecule has 0 amide bonds. The Morgan fingerprint density at radius 1 is 1.19 bits per heavy atom. The fourth-order valence-electron chi connectivity index (χ4n) is 2.56. The Morgan fingerprint density at radius 3 is 2.69 bits per heavy atom. The van der Waals surface area contributed by atoms with Crippen LogP contribution in [0.1, 0.15) is 32.2 Å². The summed E-state index contributed by atoms with van der Waals surface area (Å²) in [6.07, 6.45) is 3.10. The molecule has 0 atom stereocenters. The normalized spacial score (nSPS) is 12.0. The number of hydrogen-bond acceptors (Lipinski definition) is 8. The lowest BCUT2D eigenvalue weighted by atomic mass is 9.88. The van der Waals surface area contributed by atoms with Crippen molar-refractivity contribution in [2.45, 2.75) is 32.8 Å². The SMILES string of the molecule is Cn1cnc(COc2cc(C(C)(C)C)c3nnc(-c4ccon4)n3n2)n1. The maximum absolute atomic E-state index is 5.82. The molecule has 0 aliphatic heterocycles. The molecule has 4 aromatic rings. The lowest BCUT2D eigenvalue weighted by molar-refractivity contribution is 0.278. The van der Waals surface area contributed by atoms with Gasteiger partial charge < -0.3 is 9.26 Å². The van der Waals surface area contributed by atoms with Gasteiger partial charge in [-0.25, -0.2) is 4.98 Å². The number of hydrogen-bond donors (Lipinski definition) is 0. The van der Waals surface area contributed by atoms with Gasteiger partial charge in [-0.15, -0.1) is 15.3 Å². The molecule has 0 radical (unpaired) electrons. The molecule has 26 heavy (non-hydrogen) atoms. The van der Waals surface area contributed by atoms with E-state index in [1.807, 2.05) is 6.07 Å². The minimum atomic E-state index is -0.181. The molecular weight excluding hydrogens is 336 g/mol. The first-order valence-electron chi connectivity index (χ1n) is 8.07. The van der Waals surface area contributed by atoms with E-state index in [-0.39, 0.29) is 12.0 Å². The van der Waals surface area contributed by atoms with E-state index in [9.17, 15) is 0 Å². The van der Waals surface area contributed by atoms with Gasteiger partial charge in [-0.1, -0.05) is 25.9 Å². The predicted octanol–water partition coefficient (Wildman–Crippen LogP) is 1.78. The fourth-order valence-corrected chi connectivity index (χ4v) is 2.56. The molecule has 0 bridgehead atoms. The fraction of sp³-hybridized carbons (Fsp3) is 0.375. The molecule has 0 aliphatic carbocycles. The highest BCUT2D eigenvalue weighted by Gasteiger charge is 2.24. The Bertz CT molecular complexity index is 1040. The highest BCUT2D eigenvalue weighted by Crippen LogP contribution is 2.30. The van der Waals surface area contributed by atoms with Crippen molar-refractivity contribution in [3.05, 3.63) is 36.1 Å². The van der Waals surface area contributed by atoms with Gasteiger partial charge in [0.25, 0.3) is 0 Å². The van der Waals surface area contributed by atoms with Crippen molar-refractivity contribution in [1.29, 1.82) is 0 Å². The van der Waals surface area contributed by atoms with E-state index in [0.717, 1.165) is 5.56 Å². The Labute approximate surface area is 148 Å². The van der Waals surface area contributed by atoms with Crippen molar-refractivity contribution in [3.8, 4) is 17.4 Å². The van der Waals surface area contributed by atoms with Gasteiger partial charge >= 0.3 is 0 Å². The summed E-state index contributed by atoms with van der Waals surface area (Å²) in [7, 11) is 1.81. The van der Waals surface area contributed by atoms with Crippen LogP contribution in [0.2, 0.25) is 0 Å². The molecule has 4 rings (SSSR count). The van der Waals surface area contributed by atoms with E-state index < -0.39 is 0 Å². The number of ether oxygens (including phenoxy) is 1. The Morgan fingerprint density at radius 2 is 2.04 bits per heavy atom. The van der Waals surface area contributed by atoms with Crippen molar-refractivity contribution in [2.24, 2.45) is 7.05 Å². The number of aryl methyl sites for hydroxylation is 1. The number of nitrogens with zero attached hydrogens (tertiary/aromatic N) is 8. The van der Waals surface area contributed by atoms with Crippen LogP contribution in [0.4, 0.5) is 0 Å². The molecule has 0 saturated carbocycles. The summed E-state index contributed by atoms with van der Waals surface area (Å²) in [5.74, 6) is 1.49. The average molecular weight is 354 g/mol. The van der Waals surface area contributed by atoms with Crippen LogP contribution in [0, 0.1) is 0 Å². The summed E-state index contributed by atoms with van der Waals surface area (Å²) in [4.78, 5) is 4.16. The molecule has 0 N–H and O–H groups in total. The number of rotatable bonds is 4. The van der Waals surface area contributed by atoms with Crippen LogP contribution in [0.25, 0.3) is 17.2 Å². The molecule has 0 spiro atoms. The quantitative estimate of drug-likeness (QED) is 0.545. The first-order chi connectivity index (χ1) is 12.4. The molecule has 0 unspecified atom stereocenters. The summed E-state index contributed by atoms with van der Waals surface area (Å²) < 4.78 is 14.0. The smallest absolute Gasteiger partial charge is 0.232 e. The third kappa shape index (κ3) is 2.89. The van der Waals surface area contributed by atoms with Crippen LogP contribution in [0.3, 0.4) is 0 Å². The molecule has 10 heteroatoms. The van der Waals surface area contributed by atoms with Gasteiger partial charge in [0.1, 0.15) is 12.6 Å². The summed E-state index contributed by atoms with van der Waals surface area (Å²) >= 11 is 0. The molecule has 10 nitrogen and oxygen atoms in total. The van der Waals surface area contributed by atoms with Crippen molar-refractivity contribution < 1.29 is 9.26 Å². The van der Waals surface area contributed by atoms with Gasteiger partial charge in [0.05, 0.1) is 0 Å². The van der Waals surface area contributed by atoms with Crippen LogP contribution in [0.5, 0.6) is 5.88 Å². The standard InChI is InChI=1S/C16H18N8O2/c1-16(2,3)10-7-13(25-8-12-17-9-23(4)20-12)21-24-14(10)18-19-15(24)11-5-6-26-22-11/h5-7,9H,8H2,1-4H3. The molecule has 0 saturated heterocycles. The minimum absolute atomic E-state index is 0.181. The highest BCUT2D eigenvalue weighted by atomic mass is 16.5. The van der Waals surface area contributed by atoms with Crippen molar-refractivity contribution in [1.82, 2.24) is 39.7 Å². The van der Waals surface area contributed by atoms with Gasteiger partial charge in [0.15, 0.2) is 23.8 Å². The van der Waals surface area contributed by atoms with Crippen molar-refractivity contribution >= 4 is 5.65 Å². The van der Waals surface area contributed by atoms with E-state index in [4.69, 9.17) is 9.26 Å². The van der Waals surface area contributed by atoms with E-state index in [2.05, 4.69) is 51.3 Å². The molecule has 0 aliphatic rings. The first-order valence-corrected chi connectivity index (χ1v) is 8.07. The molecule has 0 fully saturated rings. The molecule has 4 aromatic heterocycles. The summed E-state index contributed by atoms with van der Waals surface area (Å²) in [6.45, 7) is 6.50. The minimum Gasteiger partial charge on any atom is -0.468 e. The van der Waals surface area contributed by atoms with Gasteiger partial charge in [-0.2, -0.15) is 9.61 Å². The second kappa shape index (κ2) is 5.90. The van der Waals surface area contributed by atoms with Crippen LogP contribution in [0.15, 0.2) is 29.2 Å². The van der Waals surface area contributed by atoms with E-state index in [0.29, 0.717) is 28.9 Å². The molecule has 134 valence electrons. The summed E-state index contributed by atoms with van der Waals surface area (Å²) in [5.41, 5.74) is 1.98. The van der Waals surface area contributed by atoms with Crippen LogP contribution >= 0.6 is 0 Å². The molecule has 0 aromatic carbocycles. The van der Waals surface area contributed by atoms with Crippen LogP contribution in [-0.2, 0) is 19.1 Å². The third-order valence-electron chi connectivity index (χ3n) is 3.82. The maximum atomic E-state index is 5.82. The lowest BCUT2D eigenvalue weighted by Gasteiger charge is -2.19. The van der Waals surface area contributed by atoms with Gasteiger partial charge in [-0.3, -0.25) is 4.68 Å². The zero-order valence-corrected chi connectivity index (χ0v) is 14.9. The average Bonchev–Trinajstić information content (AvgIpc) is 3.31. The zero-order valence-electron chi connectivity index (χ0n) is 14.9. The van der Waals surface area contributed by atoms with Crippen molar-refractivity contribution in [2.75, 3.05) is 0 Å². The summed E-state index contributed by atoms with van der Waals surface area (Å²) in [6, 6.07) is 3.58. The van der Waals surface area contributed by atoms with E-state index in [1.165, 1.54) is 6.26 Å². The third-order valence-corrected chi connectivity index (χ3v) is 3.82. The largest absolute Gasteiger partial charge is 0.468 e. The Balaban J connectivity index is 1.78. The first kappa shape index (κ1) is 16.2. The van der Waals surface area contributed by atoms with E-state index >= 15 is 0 Å². The van der Waals surface area contributed by atoms with Crippen molar-refractivity contribution in [3.63, 3.8) is 0 Å². The lowest BCUT2D eigenvalue weighted by Crippen LogP contribution is -2.15. The van der Waals surface area contributed by atoms with Gasteiger partial charge in [-0.05, 0) is 5.41 Å².